The van der Waals surface area contributed by atoms with E-state index in [1.165, 1.54) is 25.3 Å². The van der Waals surface area contributed by atoms with Crippen molar-refractivity contribution in [1.29, 1.82) is 0 Å². The Kier molecular flexibility index (Phi) is 6.90. The van der Waals surface area contributed by atoms with Gasteiger partial charge in [-0.15, -0.1) is 0 Å². The summed E-state index contributed by atoms with van der Waals surface area (Å²) in [6.45, 7) is 0.697. The number of nitrogens with zero attached hydrogens (tertiary/aromatic N) is 1. The Hall–Kier alpha value is -1.35. The Morgan fingerprint density at radius 1 is 1.19 bits per heavy atom. The average molecular weight is 318 g/mol. The molecule has 0 atom stereocenters. The van der Waals surface area contributed by atoms with Crippen molar-refractivity contribution in [2.24, 2.45) is 0 Å². The molecule has 0 aliphatic carbocycles. The minimum Gasteiger partial charge on any atom is -0.495 e. The summed E-state index contributed by atoms with van der Waals surface area (Å²) in [7, 11) is -2.02. The van der Waals surface area contributed by atoms with Gasteiger partial charge in [-0.05, 0) is 18.2 Å². The zero-order chi connectivity index (χ0) is 15.9. The van der Waals surface area contributed by atoms with E-state index in [4.69, 9.17) is 20.7 Å². The second kappa shape index (κ2) is 8.18. The van der Waals surface area contributed by atoms with E-state index in [1.54, 1.807) is 4.90 Å². The molecule has 0 bridgehead atoms. The highest BCUT2D eigenvalue weighted by Crippen LogP contribution is 2.24. The molecule has 7 nitrogen and oxygen atoms in total. The molecule has 120 valence electrons. The van der Waals surface area contributed by atoms with Gasteiger partial charge in [-0.2, -0.15) is 0 Å². The maximum absolute atomic E-state index is 12.2. The topological polar surface area (TPSA) is 113 Å². The van der Waals surface area contributed by atoms with E-state index in [0.29, 0.717) is 18.8 Å². The van der Waals surface area contributed by atoms with E-state index in [1.807, 2.05) is 0 Å². The van der Waals surface area contributed by atoms with Gasteiger partial charge in [-0.25, -0.2) is 8.42 Å². The van der Waals surface area contributed by atoms with Gasteiger partial charge in [0.2, 0.25) is 0 Å². The number of sulfone groups is 1. The summed E-state index contributed by atoms with van der Waals surface area (Å²) in [5, 5.41) is 17.8. The summed E-state index contributed by atoms with van der Waals surface area (Å²) in [5.74, 6) is 0.315. The fraction of sp³-hybridized carbons (Fsp3) is 0.538. The molecule has 0 radical (unpaired) electrons. The highest BCUT2D eigenvalue weighted by molar-refractivity contribution is 7.91. The smallest absolute Gasteiger partial charge is 0.179 e. The number of anilines is 1. The molecule has 0 unspecified atom stereocenters. The lowest BCUT2D eigenvalue weighted by Crippen LogP contribution is -2.34. The molecule has 0 saturated carbocycles. The Bertz CT molecular complexity index is 541. The predicted molar refractivity (Wildman–Crippen MR) is 80.1 cm³/mol. The Labute approximate surface area is 124 Å². The first kappa shape index (κ1) is 17.7. The van der Waals surface area contributed by atoms with Crippen molar-refractivity contribution in [2.45, 2.75) is 4.90 Å². The molecule has 1 rings (SSSR count). The van der Waals surface area contributed by atoms with Gasteiger partial charge in [0.05, 0.1) is 36.7 Å². The van der Waals surface area contributed by atoms with Gasteiger partial charge in [0.25, 0.3) is 0 Å². The summed E-state index contributed by atoms with van der Waals surface area (Å²) < 4.78 is 29.5. The second-order valence-electron chi connectivity index (χ2n) is 4.51. The summed E-state index contributed by atoms with van der Waals surface area (Å²) >= 11 is 0. The number of nitrogens with two attached hydrogens (primary N) is 1. The van der Waals surface area contributed by atoms with Gasteiger partial charge in [0.15, 0.2) is 9.84 Å². The molecule has 1 aromatic carbocycles. The number of hydrogen-bond donors (Lipinski definition) is 3. The Balaban J connectivity index is 2.79. The van der Waals surface area contributed by atoms with E-state index >= 15 is 0 Å². The summed E-state index contributed by atoms with van der Waals surface area (Å²) in [6, 6.07) is 4.34. The molecule has 0 heterocycles. The largest absolute Gasteiger partial charge is 0.495 e. The number of ether oxygens (including phenoxy) is 1. The van der Waals surface area contributed by atoms with Gasteiger partial charge in [-0.1, -0.05) is 0 Å². The van der Waals surface area contributed by atoms with Crippen LogP contribution < -0.4 is 10.5 Å². The monoisotopic (exact) mass is 318 g/mol. The number of benzene rings is 1. The van der Waals surface area contributed by atoms with Crippen LogP contribution >= 0.6 is 0 Å². The zero-order valence-electron chi connectivity index (χ0n) is 12.0. The molecule has 0 fully saturated rings. The lowest BCUT2D eigenvalue weighted by molar-refractivity contribution is 0.167. The molecule has 21 heavy (non-hydrogen) atoms. The third kappa shape index (κ3) is 5.16. The van der Waals surface area contributed by atoms with Crippen molar-refractivity contribution in [2.75, 3.05) is 51.4 Å². The third-order valence-electron chi connectivity index (χ3n) is 3.07. The van der Waals surface area contributed by atoms with Crippen molar-refractivity contribution in [1.82, 2.24) is 4.90 Å². The number of nitrogen functional groups attached to an aromatic ring is 1. The van der Waals surface area contributed by atoms with Crippen LogP contribution in [0.3, 0.4) is 0 Å². The summed E-state index contributed by atoms with van der Waals surface area (Å²) in [4.78, 5) is 1.82. The van der Waals surface area contributed by atoms with Gasteiger partial charge in [0, 0.05) is 19.6 Å². The van der Waals surface area contributed by atoms with Crippen LogP contribution in [-0.2, 0) is 9.84 Å². The Morgan fingerprint density at radius 2 is 1.81 bits per heavy atom. The van der Waals surface area contributed by atoms with E-state index in [-0.39, 0.29) is 36.1 Å². The molecule has 1 aromatic rings. The lowest BCUT2D eigenvalue weighted by atomic mass is 10.3. The van der Waals surface area contributed by atoms with Crippen LogP contribution in [0.1, 0.15) is 0 Å². The van der Waals surface area contributed by atoms with E-state index < -0.39 is 9.84 Å². The van der Waals surface area contributed by atoms with Gasteiger partial charge in [-0.3, -0.25) is 4.90 Å². The van der Waals surface area contributed by atoms with Crippen LogP contribution in [0, 0.1) is 0 Å². The van der Waals surface area contributed by atoms with Crippen LogP contribution in [0.15, 0.2) is 23.1 Å². The van der Waals surface area contributed by atoms with Crippen LogP contribution in [-0.4, -0.2) is 69.2 Å². The lowest BCUT2D eigenvalue weighted by Gasteiger charge is -2.19. The number of hydrogen-bond acceptors (Lipinski definition) is 7. The molecule has 8 heteroatoms. The zero-order valence-corrected chi connectivity index (χ0v) is 12.8. The van der Waals surface area contributed by atoms with Gasteiger partial charge in [0.1, 0.15) is 5.75 Å². The third-order valence-corrected chi connectivity index (χ3v) is 4.76. The van der Waals surface area contributed by atoms with Crippen molar-refractivity contribution in [3.05, 3.63) is 18.2 Å². The highest BCUT2D eigenvalue weighted by atomic mass is 32.2. The molecule has 0 amide bonds. The fourth-order valence-electron chi connectivity index (χ4n) is 1.89. The molecular weight excluding hydrogens is 296 g/mol. The first-order valence-electron chi connectivity index (χ1n) is 6.55. The fourth-order valence-corrected chi connectivity index (χ4v) is 3.21. The number of aliphatic hydroxyl groups excluding tert-OH is 2. The van der Waals surface area contributed by atoms with Crippen LogP contribution in [0.4, 0.5) is 5.69 Å². The number of methoxy groups -OCH3 is 1. The average Bonchev–Trinajstić information content (AvgIpc) is 2.45. The Morgan fingerprint density at radius 3 is 2.29 bits per heavy atom. The molecule has 0 aliphatic heterocycles. The molecule has 4 N–H and O–H groups in total. The highest BCUT2D eigenvalue weighted by Gasteiger charge is 2.17. The van der Waals surface area contributed by atoms with Crippen molar-refractivity contribution in [3.63, 3.8) is 0 Å². The van der Waals surface area contributed by atoms with Gasteiger partial charge >= 0.3 is 0 Å². The van der Waals surface area contributed by atoms with E-state index in [0.717, 1.165) is 0 Å². The molecule has 0 spiro atoms. The normalized spacial score (nSPS) is 11.8. The van der Waals surface area contributed by atoms with Crippen molar-refractivity contribution in [3.8, 4) is 5.75 Å². The van der Waals surface area contributed by atoms with Gasteiger partial charge < -0.3 is 20.7 Å². The second-order valence-corrected chi connectivity index (χ2v) is 6.62. The quantitative estimate of drug-likeness (QED) is 0.518. The maximum atomic E-state index is 12.2. The number of aliphatic hydroxyl groups is 2. The van der Waals surface area contributed by atoms with Crippen LogP contribution in [0.25, 0.3) is 0 Å². The maximum Gasteiger partial charge on any atom is 0.179 e. The first-order valence-corrected chi connectivity index (χ1v) is 8.20. The standard InChI is InChI=1S/C13H22N2O5S/c1-20-13-3-2-11(10-12(13)14)21(18,19)9-6-15(4-7-16)5-8-17/h2-3,10,16-17H,4-9,14H2,1H3. The first-order chi connectivity index (χ1) is 9.94. The summed E-state index contributed by atoms with van der Waals surface area (Å²) in [5.41, 5.74) is 5.98. The predicted octanol–water partition coefficient (Wildman–Crippen LogP) is -0.662. The van der Waals surface area contributed by atoms with Crippen molar-refractivity contribution >= 4 is 15.5 Å². The number of rotatable bonds is 9. The van der Waals surface area contributed by atoms with Crippen molar-refractivity contribution < 1.29 is 23.4 Å². The van der Waals surface area contributed by atoms with E-state index in [2.05, 4.69) is 0 Å². The SMILES string of the molecule is COc1ccc(S(=O)(=O)CCN(CCO)CCO)cc1N. The molecule has 0 saturated heterocycles. The minimum atomic E-state index is -3.48. The van der Waals surface area contributed by atoms with Crippen LogP contribution in [0.5, 0.6) is 5.75 Å². The molecule has 0 aromatic heterocycles. The van der Waals surface area contributed by atoms with E-state index in [9.17, 15) is 8.42 Å². The minimum absolute atomic E-state index is 0.0878. The van der Waals surface area contributed by atoms with Crippen LogP contribution in [0.2, 0.25) is 0 Å². The summed E-state index contributed by atoms with van der Waals surface area (Å²) in [6.07, 6.45) is 0. The molecule has 0 aliphatic rings. The molecular formula is C13H22N2O5S.